The first kappa shape index (κ1) is 41.7. The van der Waals surface area contributed by atoms with E-state index in [1.807, 2.05) is 0 Å². The molecule has 0 saturated carbocycles. The van der Waals surface area contributed by atoms with Crippen molar-refractivity contribution >= 4 is 43.6 Å². The molecular weight excluding hydrogens is 917 g/mol. The summed E-state index contributed by atoms with van der Waals surface area (Å²) in [6, 6.07) is 105. The van der Waals surface area contributed by atoms with E-state index in [9.17, 15) is 0 Å². The van der Waals surface area contributed by atoms with Gasteiger partial charge < -0.3 is 9.13 Å². The number of aromatic nitrogens is 2. The van der Waals surface area contributed by atoms with Crippen molar-refractivity contribution in [1.29, 1.82) is 0 Å². The van der Waals surface area contributed by atoms with Gasteiger partial charge in [0, 0.05) is 32.9 Å². The van der Waals surface area contributed by atoms with Crippen LogP contribution in [0.15, 0.2) is 279 Å². The van der Waals surface area contributed by atoms with Crippen molar-refractivity contribution in [2.75, 3.05) is 0 Å². The summed E-state index contributed by atoms with van der Waals surface area (Å²) in [7, 11) is 0. The lowest BCUT2D eigenvalue weighted by Gasteiger charge is -2.49. The predicted molar refractivity (Wildman–Crippen MR) is 314 cm³/mol. The van der Waals surface area contributed by atoms with Gasteiger partial charge in [0.05, 0.1) is 32.9 Å². The molecule has 2 heterocycles. The van der Waals surface area contributed by atoms with E-state index in [1.165, 1.54) is 138 Å². The van der Waals surface area contributed by atoms with E-state index in [2.05, 4.69) is 288 Å². The van der Waals surface area contributed by atoms with E-state index in [-0.39, 0.29) is 0 Å². The van der Waals surface area contributed by atoms with Crippen LogP contribution in [0.25, 0.3) is 99.5 Å². The van der Waals surface area contributed by atoms with Crippen LogP contribution in [0.3, 0.4) is 0 Å². The maximum absolute atomic E-state index is 2.55. The van der Waals surface area contributed by atoms with E-state index >= 15 is 0 Å². The number of para-hydroxylation sites is 4. The Bertz CT molecular complexity index is 4670. The molecule has 0 atom stereocenters. The molecule has 12 aromatic carbocycles. The molecule has 0 saturated heterocycles. The summed E-state index contributed by atoms with van der Waals surface area (Å²) in [5.74, 6) is 0. The van der Waals surface area contributed by atoms with Crippen LogP contribution in [0.5, 0.6) is 0 Å². The van der Waals surface area contributed by atoms with Gasteiger partial charge in [-0.3, -0.25) is 0 Å². The van der Waals surface area contributed by atoms with Crippen molar-refractivity contribution in [1.82, 2.24) is 9.13 Å². The lowest BCUT2D eigenvalue weighted by atomic mass is 9.52. The standard InChI is InChI=1S/C74H46N2/c1-3-19-51(20-4-1)75-69-33-17-9-25-56(69)59-44-48(37-41-71(59)75)47-36-40-63-58(43-47)55-39-35-50(49-38-42-72-60(45-49)57-26-10-18-34-70(57)76(72)52-21-5-2-6-22-52)46-68(55)74(63)66-31-15-13-29-64(66)73(65-30-14-16-32-67(65)74)61-27-11-7-23-53(61)54-24-8-12-28-62(54)73/h1-46H. The second-order valence-corrected chi connectivity index (χ2v) is 21.0. The number of rotatable bonds is 4. The van der Waals surface area contributed by atoms with Gasteiger partial charge in [-0.25, -0.2) is 0 Å². The van der Waals surface area contributed by atoms with Gasteiger partial charge in [0.25, 0.3) is 0 Å². The Morgan fingerprint density at radius 3 is 1.05 bits per heavy atom. The molecule has 17 rings (SSSR count). The summed E-state index contributed by atoms with van der Waals surface area (Å²) in [5, 5.41) is 5.00. The fraction of sp³-hybridized carbons (Fsp3) is 0.0270. The maximum atomic E-state index is 2.55. The van der Waals surface area contributed by atoms with Crippen molar-refractivity contribution < 1.29 is 0 Å². The van der Waals surface area contributed by atoms with Crippen LogP contribution >= 0.6 is 0 Å². The monoisotopic (exact) mass is 962 g/mol. The Labute approximate surface area is 440 Å². The summed E-state index contributed by atoms with van der Waals surface area (Å²) < 4.78 is 4.81. The van der Waals surface area contributed by atoms with Gasteiger partial charge in [0.1, 0.15) is 0 Å². The van der Waals surface area contributed by atoms with Crippen molar-refractivity contribution in [3.63, 3.8) is 0 Å². The summed E-state index contributed by atoms with van der Waals surface area (Å²) >= 11 is 0. The molecule has 2 spiro atoms. The molecule has 0 aliphatic heterocycles. The van der Waals surface area contributed by atoms with Gasteiger partial charge in [-0.1, -0.05) is 206 Å². The second-order valence-electron chi connectivity index (χ2n) is 21.0. The molecule has 14 aromatic rings. The molecule has 0 radical (unpaired) electrons. The molecule has 3 aliphatic rings. The van der Waals surface area contributed by atoms with E-state index in [4.69, 9.17) is 0 Å². The minimum atomic E-state index is -0.634. The Hall–Kier alpha value is -9.76. The smallest absolute Gasteiger partial charge is 0.0720 e. The molecule has 352 valence electrons. The Kier molecular flexibility index (Phi) is 8.44. The highest BCUT2D eigenvalue weighted by atomic mass is 15.0. The number of benzene rings is 12. The van der Waals surface area contributed by atoms with E-state index in [1.54, 1.807) is 0 Å². The van der Waals surface area contributed by atoms with Crippen molar-refractivity contribution in [3.8, 4) is 55.9 Å². The fourth-order valence-corrected chi connectivity index (χ4v) is 14.7. The van der Waals surface area contributed by atoms with Crippen molar-refractivity contribution in [2.45, 2.75) is 10.8 Å². The van der Waals surface area contributed by atoms with Crippen molar-refractivity contribution in [2.24, 2.45) is 0 Å². The fourth-order valence-electron chi connectivity index (χ4n) is 14.7. The van der Waals surface area contributed by atoms with Crippen LogP contribution in [-0.2, 0) is 10.8 Å². The number of hydrogen-bond donors (Lipinski definition) is 0. The van der Waals surface area contributed by atoms with Crippen LogP contribution in [0.4, 0.5) is 0 Å². The molecule has 0 bridgehead atoms. The quantitative estimate of drug-likeness (QED) is 0.166. The third-order valence-electron chi connectivity index (χ3n) is 17.6. The van der Waals surface area contributed by atoms with Crippen LogP contribution in [0.1, 0.15) is 44.5 Å². The highest BCUT2D eigenvalue weighted by Crippen LogP contribution is 2.68. The van der Waals surface area contributed by atoms with E-state index in [0.29, 0.717) is 0 Å². The highest BCUT2D eigenvalue weighted by Gasteiger charge is 2.59. The second kappa shape index (κ2) is 15.4. The molecule has 2 nitrogen and oxygen atoms in total. The molecule has 0 N–H and O–H groups in total. The van der Waals surface area contributed by atoms with E-state index in [0.717, 1.165) is 5.69 Å². The molecule has 0 amide bonds. The minimum absolute atomic E-state index is 0.515. The average molecular weight is 963 g/mol. The molecular formula is C74H46N2. The number of hydrogen-bond acceptors (Lipinski definition) is 0. The molecule has 2 aromatic heterocycles. The largest absolute Gasteiger partial charge is 0.309 e. The molecule has 3 aliphatic carbocycles. The zero-order valence-corrected chi connectivity index (χ0v) is 41.5. The topological polar surface area (TPSA) is 9.86 Å². The Morgan fingerprint density at radius 1 is 0.197 bits per heavy atom. The molecule has 76 heavy (non-hydrogen) atoms. The van der Waals surface area contributed by atoms with Gasteiger partial charge in [-0.15, -0.1) is 0 Å². The summed E-state index contributed by atoms with van der Waals surface area (Å²) in [5.41, 5.74) is 26.7. The zero-order valence-electron chi connectivity index (χ0n) is 41.5. The average Bonchev–Trinajstić information content (AvgIpc) is 3.80. The van der Waals surface area contributed by atoms with Crippen LogP contribution in [0, 0.1) is 0 Å². The van der Waals surface area contributed by atoms with Gasteiger partial charge >= 0.3 is 0 Å². The Balaban J connectivity index is 0.930. The van der Waals surface area contributed by atoms with Crippen LogP contribution in [-0.4, -0.2) is 9.13 Å². The first-order chi connectivity index (χ1) is 37.7. The van der Waals surface area contributed by atoms with Crippen molar-refractivity contribution in [3.05, 3.63) is 324 Å². The van der Waals surface area contributed by atoms with Gasteiger partial charge in [-0.2, -0.15) is 0 Å². The Morgan fingerprint density at radius 2 is 0.539 bits per heavy atom. The number of nitrogens with zero attached hydrogens (tertiary/aromatic N) is 2. The minimum Gasteiger partial charge on any atom is -0.309 e. The molecule has 0 fully saturated rings. The zero-order chi connectivity index (χ0) is 49.7. The van der Waals surface area contributed by atoms with Gasteiger partial charge in [-0.05, 0) is 162 Å². The van der Waals surface area contributed by atoms with Gasteiger partial charge in [0.15, 0.2) is 0 Å². The van der Waals surface area contributed by atoms with Crippen LogP contribution < -0.4 is 0 Å². The first-order valence-electron chi connectivity index (χ1n) is 26.6. The number of fused-ring (bicyclic) bond motifs is 22. The van der Waals surface area contributed by atoms with Crippen LogP contribution in [0.2, 0.25) is 0 Å². The lowest BCUT2D eigenvalue weighted by Crippen LogP contribution is -2.43. The summed E-state index contributed by atoms with van der Waals surface area (Å²) in [6.07, 6.45) is 0. The SMILES string of the molecule is c1ccc(-n2c3ccccc3c3cc(-c4ccc5c(c4)-c4ccc(-c6ccc7c(c6)c6ccccc6n7-c6ccccc6)cc4C54c5ccccc5C5(c6ccccc6-c6ccccc65)c5ccccc54)ccc32)cc1. The van der Waals surface area contributed by atoms with Gasteiger partial charge in [0.2, 0.25) is 0 Å². The van der Waals surface area contributed by atoms with E-state index < -0.39 is 10.8 Å². The lowest BCUT2D eigenvalue weighted by molar-refractivity contribution is 0.633. The summed E-state index contributed by atoms with van der Waals surface area (Å²) in [4.78, 5) is 0. The third-order valence-corrected chi connectivity index (χ3v) is 17.6. The first-order valence-corrected chi connectivity index (χ1v) is 26.6. The normalized spacial score (nSPS) is 14.0. The predicted octanol–water partition coefficient (Wildman–Crippen LogP) is 18.3. The molecule has 2 heteroatoms. The summed E-state index contributed by atoms with van der Waals surface area (Å²) in [6.45, 7) is 0. The molecule has 0 unspecified atom stereocenters. The third kappa shape index (κ3) is 5.30. The maximum Gasteiger partial charge on any atom is 0.0720 e. The highest BCUT2D eigenvalue weighted by molar-refractivity contribution is 6.12.